The summed E-state index contributed by atoms with van der Waals surface area (Å²) in [6.07, 6.45) is 35.6. The molecule has 0 saturated heterocycles. The molecule has 356 valence electrons. The molecule has 0 spiro atoms. The van der Waals surface area contributed by atoms with E-state index >= 15 is 0 Å². The molecule has 12 heteroatoms. The van der Waals surface area contributed by atoms with Crippen molar-refractivity contribution in [2.24, 2.45) is 0 Å². The number of phosphoric acid groups is 1. The molecule has 0 amide bonds. The molecule has 0 radical (unpaired) electrons. The number of rotatable bonds is 39. The Kier molecular flexibility index (Phi) is 32.8. The Morgan fingerprint density at radius 2 is 1.29 bits per heavy atom. The van der Waals surface area contributed by atoms with Crippen LogP contribution in [-0.4, -0.2) is 81.2 Å². The van der Waals surface area contributed by atoms with Crippen molar-refractivity contribution in [2.75, 3.05) is 47.5 Å². The number of allylic oxidation sites excluding steroid dienone is 6. The molecule has 1 aromatic rings. The van der Waals surface area contributed by atoms with E-state index in [0.29, 0.717) is 43.1 Å². The Hall–Kier alpha value is -2.79. The molecule has 3 atom stereocenters. The number of phosphoric ester groups is 1. The normalized spacial score (nSPS) is 14.4. The summed E-state index contributed by atoms with van der Waals surface area (Å²) in [5, 5.41) is 10.1. The Labute approximate surface area is 376 Å². The Morgan fingerprint density at radius 1 is 0.710 bits per heavy atom. The highest BCUT2D eigenvalue weighted by Crippen LogP contribution is 2.38. The third-order valence-electron chi connectivity index (χ3n) is 10.6. The first-order valence-electron chi connectivity index (χ1n) is 23.8. The Bertz CT molecular complexity index is 1490. The predicted molar refractivity (Wildman–Crippen MR) is 250 cm³/mol. The van der Waals surface area contributed by atoms with Crippen molar-refractivity contribution >= 4 is 19.8 Å². The first kappa shape index (κ1) is 57.2. The van der Waals surface area contributed by atoms with Crippen LogP contribution in [0.4, 0.5) is 0 Å². The van der Waals surface area contributed by atoms with Crippen LogP contribution in [0, 0.1) is 13.8 Å². The number of aliphatic hydroxyl groups excluding tert-OH is 1. The molecule has 0 bridgehead atoms. The number of quaternary nitrogens is 1. The first-order valence-corrected chi connectivity index (χ1v) is 25.3. The summed E-state index contributed by atoms with van der Waals surface area (Å²) in [6, 6.07) is 0. The number of aliphatic hydroxyl groups is 1. The number of esters is 2. The quantitative estimate of drug-likeness (QED) is 0.0169. The van der Waals surface area contributed by atoms with Gasteiger partial charge in [0, 0.05) is 25.7 Å². The van der Waals surface area contributed by atoms with E-state index in [1.807, 2.05) is 57.6 Å². The number of aryl methyl sites for hydroxylation is 2. The van der Waals surface area contributed by atoms with E-state index in [2.05, 4.69) is 33.8 Å². The molecular weight excluding hydrogens is 806 g/mol. The van der Waals surface area contributed by atoms with Gasteiger partial charge in [0.15, 0.2) is 6.10 Å². The summed E-state index contributed by atoms with van der Waals surface area (Å²) in [6.45, 7) is 8.33. The summed E-state index contributed by atoms with van der Waals surface area (Å²) in [4.78, 5) is 37.7. The van der Waals surface area contributed by atoms with Crippen LogP contribution in [0.5, 0.6) is 0 Å². The van der Waals surface area contributed by atoms with Gasteiger partial charge in [0.2, 0.25) is 0 Å². The summed E-state index contributed by atoms with van der Waals surface area (Å²) in [5.41, 5.74) is 2.64. The van der Waals surface area contributed by atoms with Crippen molar-refractivity contribution in [1.82, 2.24) is 0 Å². The second-order valence-corrected chi connectivity index (χ2v) is 19.0. The molecule has 1 N–H and O–H groups in total. The number of unbranched alkanes of at least 4 members (excludes halogenated alkanes) is 13. The zero-order valence-corrected chi connectivity index (χ0v) is 40.8. The van der Waals surface area contributed by atoms with Crippen molar-refractivity contribution in [3.63, 3.8) is 0 Å². The van der Waals surface area contributed by atoms with Gasteiger partial charge >= 0.3 is 11.9 Å². The highest BCUT2D eigenvalue weighted by atomic mass is 31.2. The minimum absolute atomic E-state index is 0.0608. The summed E-state index contributed by atoms with van der Waals surface area (Å²) < 4.78 is 40.1. The van der Waals surface area contributed by atoms with Gasteiger partial charge in [0.1, 0.15) is 31.3 Å². The number of carbonyl (C=O) groups is 2. The molecule has 0 fully saturated rings. The molecule has 0 aromatic carbocycles. The third kappa shape index (κ3) is 32.0. The maximum atomic E-state index is 12.7. The van der Waals surface area contributed by atoms with Crippen LogP contribution in [0.15, 0.2) is 53.0 Å². The van der Waals surface area contributed by atoms with Crippen LogP contribution in [0.25, 0.3) is 0 Å². The lowest BCUT2D eigenvalue weighted by molar-refractivity contribution is -0.870. The third-order valence-corrected chi connectivity index (χ3v) is 11.6. The van der Waals surface area contributed by atoms with Gasteiger partial charge in [-0.3, -0.25) is 14.2 Å². The van der Waals surface area contributed by atoms with E-state index in [9.17, 15) is 24.2 Å². The topological polar surface area (TPSA) is 145 Å². The van der Waals surface area contributed by atoms with Gasteiger partial charge in [-0.1, -0.05) is 127 Å². The van der Waals surface area contributed by atoms with Crippen LogP contribution in [0.3, 0.4) is 0 Å². The fourth-order valence-corrected chi connectivity index (χ4v) is 7.28. The smallest absolute Gasteiger partial charge is 0.306 e. The van der Waals surface area contributed by atoms with Gasteiger partial charge in [-0.15, -0.1) is 0 Å². The maximum absolute atomic E-state index is 12.7. The molecule has 62 heavy (non-hydrogen) atoms. The van der Waals surface area contributed by atoms with Crippen LogP contribution in [0.2, 0.25) is 0 Å². The average Bonchev–Trinajstić information content (AvgIpc) is 3.48. The van der Waals surface area contributed by atoms with Crippen molar-refractivity contribution < 1.29 is 51.6 Å². The Balaban J connectivity index is 2.40. The largest absolute Gasteiger partial charge is 0.756 e. The molecule has 0 aliphatic carbocycles. The van der Waals surface area contributed by atoms with Crippen molar-refractivity contribution in [3.8, 4) is 0 Å². The summed E-state index contributed by atoms with van der Waals surface area (Å²) in [5.74, 6) is 1.36. The standard InChI is InChI=1S/C50H86NO10P/c1-8-10-12-13-17-22-28-33-45(52)34-29-23-18-16-21-26-32-38-50(54)60-46(42-59-62(55,56)58-40-39-51(5,6)7)41-57-49(53)37-31-25-20-15-14-19-24-30-36-48-44(4)43(3)47(61-48)35-27-11-9-2/h16-17,21-23,28-29,33,45-46,52H,8-15,18-20,24-27,30-32,34-42H2,1-7H3/b21-16+,22-17-,29-23-,33-28-/t45-,46+/m0/s1. The van der Waals surface area contributed by atoms with Crippen LogP contribution < -0.4 is 4.89 Å². The molecule has 1 rings (SSSR count). The number of likely N-dealkylation sites (N-methyl/N-ethyl adjacent to an activating group) is 1. The molecule has 1 aromatic heterocycles. The van der Waals surface area contributed by atoms with E-state index in [1.54, 1.807) is 6.08 Å². The predicted octanol–water partition coefficient (Wildman–Crippen LogP) is 11.5. The highest BCUT2D eigenvalue weighted by molar-refractivity contribution is 7.45. The van der Waals surface area contributed by atoms with Crippen LogP contribution >= 0.6 is 7.82 Å². The van der Waals surface area contributed by atoms with Gasteiger partial charge in [0.25, 0.3) is 7.82 Å². The van der Waals surface area contributed by atoms with E-state index < -0.39 is 38.6 Å². The SMILES string of the molecule is CCCCC/C=C\C=C/[C@H](O)C/C=C\C/C=C/CCCC(=O)O[C@H](COC(=O)CCCCCCCCCCc1oc(CCCCC)c(C)c1C)COP(=O)([O-])OCC[N+](C)(C)C. The van der Waals surface area contributed by atoms with E-state index in [4.69, 9.17) is 22.9 Å². The zero-order valence-electron chi connectivity index (χ0n) is 39.9. The fraction of sp³-hybridized carbons (Fsp3) is 0.720. The lowest BCUT2D eigenvalue weighted by Crippen LogP contribution is -2.37. The number of hydrogen-bond donors (Lipinski definition) is 1. The number of hydrogen-bond acceptors (Lipinski definition) is 10. The zero-order chi connectivity index (χ0) is 45.9. The molecule has 0 aliphatic rings. The molecular formula is C50H86NO10P. The number of furan rings is 1. The van der Waals surface area contributed by atoms with Crippen molar-refractivity contribution in [3.05, 3.63) is 71.3 Å². The average molecular weight is 892 g/mol. The van der Waals surface area contributed by atoms with Gasteiger partial charge in [0.05, 0.1) is 33.9 Å². The molecule has 11 nitrogen and oxygen atoms in total. The maximum Gasteiger partial charge on any atom is 0.306 e. The van der Waals surface area contributed by atoms with E-state index in [-0.39, 0.29) is 26.1 Å². The Morgan fingerprint density at radius 3 is 1.95 bits per heavy atom. The molecule has 0 saturated carbocycles. The summed E-state index contributed by atoms with van der Waals surface area (Å²) in [7, 11) is 1.07. The van der Waals surface area contributed by atoms with Gasteiger partial charge in [-0.2, -0.15) is 0 Å². The fourth-order valence-electron chi connectivity index (χ4n) is 6.55. The van der Waals surface area contributed by atoms with Crippen LogP contribution in [0.1, 0.15) is 171 Å². The van der Waals surface area contributed by atoms with Gasteiger partial charge in [-0.25, -0.2) is 0 Å². The van der Waals surface area contributed by atoms with Gasteiger partial charge < -0.3 is 37.4 Å². The van der Waals surface area contributed by atoms with Gasteiger partial charge in [-0.05, 0) is 82.8 Å². The van der Waals surface area contributed by atoms with Crippen LogP contribution in [-0.2, 0) is 45.5 Å². The number of ether oxygens (including phenoxy) is 2. The lowest BCUT2D eigenvalue weighted by Gasteiger charge is -2.28. The highest BCUT2D eigenvalue weighted by Gasteiger charge is 2.22. The minimum Gasteiger partial charge on any atom is -0.756 e. The lowest BCUT2D eigenvalue weighted by atomic mass is 10.0. The summed E-state index contributed by atoms with van der Waals surface area (Å²) >= 11 is 0. The minimum atomic E-state index is -4.67. The second kappa shape index (κ2) is 35.5. The second-order valence-electron chi connectivity index (χ2n) is 17.6. The number of nitrogens with zero attached hydrogens (tertiary/aromatic N) is 1. The first-order chi connectivity index (χ1) is 29.7. The molecule has 1 heterocycles. The van der Waals surface area contributed by atoms with Crippen molar-refractivity contribution in [1.29, 1.82) is 0 Å². The molecule has 1 unspecified atom stereocenters. The number of carbonyl (C=O) groups excluding carboxylic acids is 2. The van der Waals surface area contributed by atoms with E-state index in [0.717, 1.165) is 57.1 Å². The molecule has 0 aliphatic heterocycles. The van der Waals surface area contributed by atoms with E-state index in [1.165, 1.54) is 68.3 Å². The monoisotopic (exact) mass is 892 g/mol. The van der Waals surface area contributed by atoms with Crippen molar-refractivity contribution in [2.45, 2.75) is 188 Å².